The molecule has 1 saturated heterocycles. The van der Waals surface area contributed by atoms with Crippen LogP contribution >= 0.6 is 0 Å². The summed E-state index contributed by atoms with van der Waals surface area (Å²) < 4.78 is 0. The highest BCUT2D eigenvalue weighted by Gasteiger charge is 2.45. The molecule has 0 spiro atoms. The fraction of sp³-hybridized carbons (Fsp3) is 0.111. The molecule has 0 bridgehead atoms. The molecule has 3 aromatic carbocycles. The smallest absolute Gasteiger partial charge is 0.269 e. The molecule has 1 unspecified atom stereocenters. The molecule has 1 N–H and O–H groups in total. The van der Waals surface area contributed by atoms with Crippen LogP contribution in [0.5, 0.6) is 0 Å². The van der Waals surface area contributed by atoms with Crippen LogP contribution in [0.25, 0.3) is 6.08 Å². The highest BCUT2D eigenvalue weighted by molar-refractivity contribution is 6.23. The first-order valence-corrected chi connectivity index (χ1v) is 10.8. The number of hydrazine groups is 1. The Labute approximate surface area is 197 Å². The van der Waals surface area contributed by atoms with Crippen LogP contribution in [-0.4, -0.2) is 34.7 Å². The Morgan fingerprint density at radius 3 is 2.18 bits per heavy atom. The second-order valence-corrected chi connectivity index (χ2v) is 7.88. The number of carbonyl (C=O) groups is 4. The maximum absolute atomic E-state index is 13.2. The zero-order valence-corrected chi connectivity index (χ0v) is 18.5. The van der Waals surface area contributed by atoms with Crippen LogP contribution in [0.4, 0.5) is 5.69 Å². The van der Waals surface area contributed by atoms with E-state index in [-0.39, 0.29) is 6.42 Å². The first-order valence-electron chi connectivity index (χ1n) is 10.8. The van der Waals surface area contributed by atoms with Crippen LogP contribution in [0, 0.1) is 6.92 Å². The van der Waals surface area contributed by atoms with Gasteiger partial charge in [-0.05, 0) is 42.8 Å². The van der Waals surface area contributed by atoms with Crippen LogP contribution in [0.2, 0.25) is 0 Å². The quantitative estimate of drug-likeness (QED) is 0.364. The van der Waals surface area contributed by atoms with E-state index < -0.39 is 29.7 Å². The summed E-state index contributed by atoms with van der Waals surface area (Å²) in [7, 11) is 0. The summed E-state index contributed by atoms with van der Waals surface area (Å²) >= 11 is 0. The van der Waals surface area contributed by atoms with Gasteiger partial charge in [0.05, 0.1) is 12.1 Å². The number of aryl methyl sites for hydroxylation is 1. The largest absolute Gasteiger partial charge is 0.274 e. The lowest BCUT2D eigenvalue weighted by molar-refractivity contribution is -0.136. The van der Waals surface area contributed by atoms with Gasteiger partial charge in [0, 0.05) is 11.6 Å². The number of anilines is 1. The Hall–Kier alpha value is -4.52. The second kappa shape index (κ2) is 9.95. The minimum absolute atomic E-state index is 0.243. The molecule has 7 nitrogen and oxygen atoms in total. The molecule has 34 heavy (non-hydrogen) atoms. The molecule has 1 atom stereocenters. The summed E-state index contributed by atoms with van der Waals surface area (Å²) in [6.45, 7) is 1.90. The first kappa shape index (κ1) is 22.7. The van der Waals surface area contributed by atoms with E-state index in [0.717, 1.165) is 21.0 Å². The summed E-state index contributed by atoms with van der Waals surface area (Å²) in [6.07, 6.45) is 2.62. The highest BCUT2D eigenvalue weighted by atomic mass is 16.2. The van der Waals surface area contributed by atoms with Crippen molar-refractivity contribution in [2.24, 2.45) is 0 Å². The molecule has 0 aliphatic carbocycles. The van der Waals surface area contributed by atoms with Crippen LogP contribution in [0.3, 0.4) is 0 Å². The Balaban J connectivity index is 1.62. The molecule has 1 fully saturated rings. The van der Waals surface area contributed by atoms with Gasteiger partial charge in [-0.2, -0.15) is 0 Å². The third kappa shape index (κ3) is 4.94. The zero-order chi connectivity index (χ0) is 24.1. The van der Waals surface area contributed by atoms with E-state index in [2.05, 4.69) is 5.43 Å². The Kier molecular flexibility index (Phi) is 6.64. The number of para-hydroxylation sites is 1. The zero-order valence-electron chi connectivity index (χ0n) is 18.5. The molecule has 1 aliphatic heterocycles. The van der Waals surface area contributed by atoms with Crippen molar-refractivity contribution in [1.29, 1.82) is 0 Å². The second-order valence-electron chi connectivity index (χ2n) is 7.88. The summed E-state index contributed by atoms with van der Waals surface area (Å²) in [5.41, 5.74) is 5.04. The number of nitrogens with one attached hydrogen (secondary N) is 1. The average Bonchev–Trinajstić information content (AvgIpc) is 3.15. The Bertz CT molecular complexity index is 1240. The van der Waals surface area contributed by atoms with Crippen molar-refractivity contribution in [2.75, 3.05) is 4.90 Å². The molecular weight excluding hydrogens is 430 g/mol. The number of benzene rings is 3. The van der Waals surface area contributed by atoms with Gasteiger partial charge >= 0.3 is 0 Å². The van der Waals surface area contributed by atoms with Gasteiger partial charge in [-0.3, -0.25) is 24.6 Å². The Morgan fingerprint density at radius 1 is 0.912 bits per heavy atom. The summed E-state index contributed by atoms with van der Waals surface area (Å²) in [4.78, 5) is 53.1. The first-order chi connectivity index (χ1) is 16.4. The van der Waals surface area contributed by atoms with Crippen molar-refractivity contribution in [2.45, 2.75) is 19.4 Å². The van der Waals surface area contributed by atoms with Crippen molar-refractivity contribution in [3.05, 3.63) is 108 Å². The topological polar surface area (TPSA) is 86.8 Å². The van der Waals surface area contributed by atoms with Gasteiger partial charge in [0.25, 0.3) is 17.7 Å². The lowest BCUT2D eigenvalue weighted by Crippen LogP contribution is -2.54. The number of imide groups is 1. The molecule has 1 heterocycles. The third-order valence-electron chi connectivity index (χ3n) is 5.44. The van der Waals surface area contributed by atoms with E-state index in [1.165, 1.54) is 6.08 Å². The minimum Gasteiger partial charge on any atom is -0.274 e. The molecule has 0 radical (unpaired) electrons. The maximum atomic E-state index is 13.2. The predicted octanol–water partition coefficient (Wildman–Crippen LogP) is 3.51. The van der Waals surface area contributed by atoms with Gasteiger partial charge < -0.3 is 0 Å². The van der Waals surface area contributed by atoms with Gasteiger partial charge in [-0.15, -0.1) is 0 Å². The standard InChI is InChI=1S/C27H23N3O4/c1-19-12-15-21(16-13-19)26(33)28-30(24(31)17-14-20-8-4-2-5-9-20)23-18-25(32)29(27(23)34)22-10-6-3-7-11-22/h2-17,23H,18H2,1H3,(H,28,33). The number of rotatable bonds is 5. The van der Waals surface area contributed by atoms with E-state index in [4.69, 9.17) is 0 Å². The molecule has 4 amide bonds. The van der Waals surface area contributed by atoms with Gasteiger partial charge in [-0.1, -0.05) is 66.2 Å². The van der Waals surface area contributed by atoms with Gasteiger partial charge in [0.1, 0.15) is 6.04 Å². The number of nitrogens with zero attached hydrogens (tertiary/aromatic N) is 2. The summed E-state index contributed by atoms with van der Waals surface area (Å²) in [6, 6.07) is 23.3. The van der Waals surface area contributed by atoms with Crippen LogP contribution in [0.15, 0.2) is 91.0 Å². The average molecular weight is 453 g/mol. The van der Waals surface area contributed by atoms with Gasteiger partial charge in [-0.25, -0.2) is 9.91 Å². The molecule has 170 valence electrons. The lowest BCUT2D eigenvalue weighted by Gasteiger charge is -2.27. The summed E-state index contributed by atoms with van der Waals surface area (Å²) in [5.74, 6) is -2.21. The molecule has 7 heteroatoms. The fourth-order valence-corrected chi connectivity index (χ4v) is 3.64. The van der Waals surface area contributed by atoms with E-state index >= 15 is 0 Å². The SMILES string of the molecule is Cc1ccc(C(=O)NN(C(=O)C=Cc2ccccc2)C2CC(=O)N(c3ccccc3)C2=O)cc1. The van der Waals surface area contributed by atoms with Crippen molar-refractivity contribution < 1.29 is 19.2 Å². The lowest BCUT2D eigenvalue weighted by atomic mass is 10.1. The van der Waals surface area contributed by atoms with Gasteiger partial charge in [0.15, 0.2) is 0 Å². The molecule has 3 aromatic rings. The minimum atomic E-state index is -1.17. The Morgan fingerprint density at radius 2 is 1.53 bits per heavy atom. The van der Waals surface area contributed by atoms with E-state index in [1.807, 2.05) is 37.3 Å². The van der Waals surface area contributed by atoms with E-state index in [1.54, 1.807) is 60.7 Å². The predicted molar refractivity (Wildman–Crippen MR) is 128 cm³/mol. The van der Waals surface area contributed by atoms with E-state index in [9.17, 15) is 19.2 Å². The van der Waals surface area contributed by atoms with Crippen LogP contribution < -0.4 is 10.3 Å². The molecule has 0 aromatic heterocycles. The van der Waals surface area contributed by atoms with Crippen molar-refractivity contribution in [3.8, 4) is 0 Å². The molecule has 4 rings (SSSR count). The van der Waals surface area contributed by atoms with E-state index in [0.29, 0.717) is 11.3 Å². The third-order valence-corrected chi connectivity index (χ3v) is 5.44. The molecular formula is C27H23N3O4. The van der Waals surface area contributed by atoms with Crippen LogP contribution in [-0.2, 0) is 14.4 Å². The number of carbonyl (C=O) groups excluding carboxylic acids is 4. The van der Waals surface area contributed by atoms with Crippen LogP contribution in [0.1, 0.15) is 27.9 Å². The normalized spacial score (nSPS) is 15.6. The molecule has 1 aliphatic rings. The maximum Gasteiger partial charge on any atom is 0.269 e. The number of amides is 4. The number of hydrogen-bond acceptors (Lipinski definition) is 4. The van der Waals surface area contributed by atoms with Crippen molar-refractivity contribution in [1.82, 2.24) is 10.4 Å². The van der Waals surface area contributed by atoms with Gasteiger partial charge in [0.2, 0.25) is 5.91 Å². The van der Waals surface area contributed by atoms with Crippen molar-refractivity contribution in [3.63, 3.8) is 0 Å². The fourth-order valence-electron chi connectivity index (χ4n) is 3.64. The van der Waals surface area contributed by atoms with Crippen molar-refractivity contribution >= 4 is 35.4 Å². The molecule has 0 saturated carbocycles. The monoisotopic (exact) mass is 453 g/mol. The number of hydrogen-bond donors (Lipinski definition) is 1. The highest BCUT2D eigenvalue weighted by Crippen LogP contribution is 2.25. The summed E-state index contributed by atoms with van der Waals surface area (Å²) in [5, 5.41) is 0.949.